The maximum Gasteiger partial charge on any atom is 0.288 e. The van der Waals surface area contributed by atoms with Crippen molar-refractivity contribution in [2.24, 2.45) is 0 Å². The number of anilines is 2. The van der Waals surface area contributed by atoms with E-state index in [4.69, 9.17) is 4.74 Å². The van der Waals surface area contributed by atoms with Crippen LogP contribution in [0.15, 0.2) is 53.4 Å². The minimum Gasteiger partial charge on any atom is -0.495 e. The van der Waals surface area contributed by atoms with Crippen molar-refractivity contribution >= 4 is 29.0 Å². The Labute approximate surface area is 143 Å². The van der Waals surface area contributed by atoms with Gasteiger partial charge in [0.05, 0.1) is 12.8 Å². The van der Waals surface area contributed by atoms with E-state index in [1.54, 1.807) is 49.4 Å². The predicted molar refractivity (Wildman–Crippen MR) is 93.0 cm³/mol. The molecule has 128 valence electrons. The highest BCUT2D eigenvalue weighted by molar-refractivity contribution is 7.99. The number of alkyl halides is 2. The Balaban J connectivity index is 1.96. The van der Waals surface area contributed by atoms with Crippen LogP contribution in [0.5, 0.6) is 5.75 Å². The SMILES string of the molecule is COc1ccccc1NC(=O)[C@@H](C)Nc1ccc(SC(F)F)cc1. The maximum absolute atomic E-state index is 12.3. The average Bonchev–Trinajstić information content (AvgIpc) is 2.56. The van der Waals surface area contributed by atoms with E-state index < -0.39 is 11.8 Å². The zero-order valence-electron chi connectivity index (χ0n) is 13.3. The summed E-state index contributed by atoms with van der Waals surface area (Å²) in [7, 11) is 1.53. The van der Waals surface area contributed by atoms with Crippen molar-refractivity contribution in [2.45, 2.75) is 23.6 Å². The molecule has 0 saturated carbocycles. The summed E-state index contributed by atoms with van der Waals surface area (Å²) in [6.45, 7) is 1.71. The number of hydrogen-bond donors (Lipinski definition) is 2. The highest BCUT2D eigenvalue weighted by atomic mass is 32.2. The van der Waals surface area contributed by atoms with Crippen LogP contribution in [-0.2, 0) is 4.79 Å². The third-order valence-corrected chi connectivity index (χ3v) is 3.94. The molecule has 0 unspecified atom stereocenters. The molecule has 1 amide bonds. The Morgan fingerprint density at radius 1 is 1.12 bits per heavy atom. The lowest BCUT2D eigenvalue weighted by molar-refractivity contribution is -0.116. The van der Waals surface area contributed by atoms with Gasteiger partial charge in [0, 0.05) is 10.6 Å². The Bertz CT molecular complexity index is 681. The summed E-state index contributed by atoms with van der Waals surface area (Å²) in [5.74, 6) is -2.11. The molecule has 0 aliphatic carbocycles. The fourth-order valence-corrected chi connectivity index (χ4v) is 2.54. The summed E-state index contributed by atoms with van der Waals surface area (Å²) in [4.78, 5) is 12.7. The summed E-state index contributed by atoms with van der Waals surface area (Å²) in [5.41, 5.74) is 1.26. The Morgan fingerprint density at radius 3 is 2.42 bits per heavy atom. The van der Waals surface area contributed by atoms with Crippen LogP contribution in [0.3, 0.4) is 0 Å². The molecule has 0 aromatic heterocycles. The van der Waals surface area contributed by atoms with E-state index in [-0.39, 0.29) is 5.91 Å². The molecule has 0 aliphatic heterocycles. The van der Waals surface area contributed by atoms with Crippen LogP contribution in [0.1, 0.15) is 6.92 Å². The summed E-state index contributed by atoms with van der Waals surface area (Å²) in [6.07, 6.45) is 0. The van der Waals surface area contributed by atoms with Crippen molar-refractivity contribution in [1.29, 1.82) is 0 Å². The van der Waals surface area contributed by atoms with Crippen molar-refractivity contribution < 1.29 is 18.3 Å². The van der Waals surface area contributed by atoms with Crippen LogP contribution >= 0.6 is 11.8 Å². The first kappa shape index (κ1) is 18.1. The number of para-hydroxylation sites is 2. The summed E-state index contributed by atoms with van der Waals surface area (Å²) in [6, 6.07) is 13.1. The van der Waals surface area contributed by atoms with E-state index >= 15 is 0 Å². The Kier molecular flexibility index (Phi) is 6.43. The summed E-state index contributed by atoms with van der Waals surface area (Å²) >= 11 is 0.484. The molecule has 0 bridgehead atoms. The number of ether oxygens (including phenoxy) is 1. The van der Waals surface area contributed by atoms with Gasteiger partial charge < -0.3 is 15.4 Å². The van der Waals surface area contributed by atoms with Gasteiger partial charge in [-0.25, -0.2) is 0 Å². The summed E-state index contributed by atoms with van der Waals surface area (Å²) in [5, 5.41) is 5.82. The molecule has 2 N–H and O–H groups in total. The quantitative estimate of drug-likeness (QED) is 0.723. The Morgan fingerprint density at radius 2 is 1.79 bits per heavy atom. The van der Waals surface area contributed by atoms with Gasteiger partial charge in [0.15, 0.2) is 0 Å². The lowest BCUT2D eigenvalue weighted by Gasteiger charge is -2.16. The second-order valence-corrected chi connectivity index (χ2v) is 6.02. The molecule has 0 aliphatic rings. The summed E-state index contributed by atoms with van der Waals surface area (Å²) < 4.78 is 29.8. The van der Waals surface area contributed by atoms with Gasteiger partial charge in [-0.2, -0.15) is 8.78 Å². The molecule has 2 aromatic carbocycles. The number of carbonyl (C=O) groups excluding carboxylic acids is 1. The number of thioether (sulfide) groups is 1. The molecular weight excluding hydrogens is 334 g/mol. The van der Waals surface area contributed by atoms with Crippen LogP contribution in [0.4, 0.5) is 20.2 Å². The van der Waals surface area contributed by atoms with E-state index in [1.165, 1.54) is 7.11 Å². The molecule has 2 rings (SSSR count). The smallest absolute Gasteiger partial charge is 0.288 e. The van der Waals surface area contributed by atoms with E-state index in [1.807, 2.05) is 6.07 Å². The molecule has 7 heteroatoms. The number of nitrogens with one attached hydrogen (secondary N) is 2. The number of carbonyl (C=O) groups is 1. The van der Waals surface area contributed by atoms with Gasteiger partial charge in [-0.15, -0.1) is 0 Å². The van der Waals surface area contributed by atoms with E-state index in [2.05, 4.69) is 10.6 Å². The number of rotatable bonds is 7. The largest absolute Gasteiger partial charge is 0.495 e. The molecule has 4 nitrogen and oxygen atoms in total. The molecule has 0 fully saturated rings. The average molecular weight is 352 g/mol. The van der Waals surface area contributed by atoms with Crippen molar-refractivity contribution in [3.63, 3.8) is 0 Å². The zero-order chi connectivity index (χ0) is 17.5. The van der Waals surface area contributed by atoms with Gasteiger partial charge in [-0.1, -0.05) is 23.9 Å². The third-order valence-electron chi connectivity index (χ3n) is 3.22. The van der Waals surface area contributed by atoms with Gasteiger partial charge in [0.1, 0.15) is 11.8 Å². The van der Waals surface area contributed by atoms with Crippen molar-refractivity contribution in [3.05, 3.63) is 48.5 Å². The third kappa shape index (κ3) is 5.13. The number of amides is 1. The number of methoxy groups -OCH3 is 1. The molecule has 1 atom stereocenters. The van der Waals surface area contributed by atoms with E-state index in [0.717, 1.165) is 0 Å². The van der Waals surface area contributed by atoms with Gasteiger partial charge in [0.2, 0.25) is 5.91 Å². The van der Waals surface area contributed by atoms with Crippen LogP contribution in [0.25, 0.3) is 0 Å². The standard InChI is InChI=1S/C17H18F2N2O2S/c1-11(16(22)21-14-5-3-4-6-15(14)23-2)20-12-7-9-13(10-8-12)24-17(18)19/h3-11,17,20H,1-2H3,(H,21,22)/t11-/m1/s1. The monoisotopic (exact) mass is 352 g/mol. The van der Waals surface area contributed by atoms with Crippen LogP contribution < -0.4 is 15.4 Å². The fraction of sp³-hybridized carbons (Fsp3) is 0.235. The highest BCUT2D eigenvalue weighted by Gasteiger charge is 2.15. The first-order valence-electron chi connectivity index (χ1n) is 7.25. The maximum atomic E-state index is 12.3. The lowest BCUT2D eigenvalue weighted by atomic mass is 10.2. The molecule has 0 heterocycles. The van der Waals surface area contributed by atoms with Crippen molar-refractivity contribution in [2.75, 3.05) is 17.7 Å². The molecule has 2 aromatic rings. The topological polar surface area (TPSA) is 50.4 Å². The van der Waals surface area contributed by atoms with Gasteiger partial charge in [0.25, 0.3) is 5.76 Å². The first-order valence-corrected chi connectivity index (χ1v) is 8.13. The zero-order valence-corrected chi connectivity index (χ0v) is 14.1. The van der Waals surface area contributed by atoms with Crippen LogP contribution in [0, 0.1) is 0 Å². The molecule has 24 heavy (non-hydrogen) atoms. The van der Waals surface area contributed by atoms with Crippen LogP contribution in [-0.4, -0.2) is 24.8 Å². The van der Waals surface area contributed by atoms with Gasteiger partial charge in [-0.3, -0.25) is 4.79 Å². The fourth-order valence-electron chi connectivity index (χ4n) is 2.04. The normalized spacial score (nSPS) is 11.9. The number of halogens is 2. The van der Waals surface area contributed by atoms with Crippen molar-refractivity contribution in [1.82, 2.24) is 0 Å². The minimum atomic E-state index is -2.45. The minimum absolute atomic E-state index is 0.231. The van der Waals surface area contributed by atoms with E-state index in [0.29, 0.717) is 33.8 Å². The lowest BCUT2D eigenvalue weighted by Crippen LogP contribution is -2.31. The predicted octanol–water partition coefficient (Wildman–Crippen LogP) is 4.45. The number of benzene rings is 2. The molecule has 0 spiro atoms. The number of hydrogen-bond acceptors (Lipinski definition) is 4. The van der Waals surface area contributed by atoms with E-state index in [9.17, 15) is 13.6 Å². The molecular formula is C17H18F2N2O2S. The molecule has 0 radical (unpaired) electrons. The second kappa shape index (κ2) is 8.54. The molecule has 0 saturated heterocycles. The van der Waals surface area contributed by atoms with Crippen LogP contribution in [0.2, 0.25) is 0 Å². The Hall–Kier alpha value is -2.28. The first-order chi connectivity index (χ1) is 11.5. The highest BCUT2D eigenvalue weighted by Crippen LogP contribution is 2.26. The second-order valence-electron chi connectivity index (χ2n) is 4.96. The van der Waals surface area contributed by atoms with Crippen molar-refractivity contribution in [3.8, 4) is 5.75 Å². The van der Waals surface area contributed by atoms with Gasteiger partial charge >= 0.3 is 0 Å². The van der Waals surface area contributed by atoms with Gasteiger partial charge in [-0.05, 0) is 43.3 Å².